The molecule has 1 aliphatic rings. The summed E-state index contributed by atoms with van der Waals surface area (Å²) in [5, 5.41) is 1.84. The van der Waals surface area contributed by atoms with Gasteiger partial charge in [-0.05, 0) is 64.0 Å². The van der Waals surface area contributed by atoms with Crippen LogP contribution in [0.5, 0.6) is 0 Å². The van der Waals surface area contributed by atoms with E-state index in [1.807, 2.05) is 20.8 Å². The number of hydrogen-bond donors (Lipinski definition) is 0. The lowest BCUT2D eigenvalue weighted by Crippen LogP contribution is -2.61. The largest absolute Gasteiger partial charge is 0.348 e. The van der Waals surface area contributed by atoms with Gasteiger partial charge in [-0.15, -0.1) is 0 Å². The Bertz CT molecular complexity index is 1670. The fraction of sp³-hybridized carbons (Fsp3) is 0.705. The number of hydrogen-bond acceptors (Lipinski definition) is 9. The highest BCUT2D eigenvalue weighted by molar-refractivity contribution is 7.16. The van der Waals surface area contributed by atoms with E-state index < -0.39 is 57.4 Å². The SMILES string of the molecule is CCCCC(CC)CN(CC(CC)CCCC)c1nc(C(C)(C)C)c(/C=C2\C(=O)N(N(C(C)=O)C(=O)C(C)(C)C)C(=O)C(C(=O)N(C(C)=O)C(C)(C)C)=C2C)s1. The molecule has 6 amide bonds. The highest BCUT2D eigenvalue weighted by atomic mass is 32.1. The van der Waals surface area contributed by atoms with Gasteiger partial charge in [0.1, 0.15) is 5.57 Å². The summed E-state index contributed by atoms with van der Waals surface area (Å²) in [6.45, 7) is 30.3. The van der Waals surface area contributed by atoms with Crippen molar-refractivity contribution in [3.8, 4) is 0 Å². The third-order valence-electron chi connectivity index (χ3n) is 10.3. The lowest BCUT2D eigenvalue weighted by atomic mass is 9.89. The Morgan fingerprint density at radius 3 is 1.66 bits per heavy atom. The van der Waals surface area contributed by atoms with Gasteiger partial charge in [-0.3, -0.25) is 33.7 Å². The van der Waals surface area contributed by atoms with Crippen LogP contribution < -0.4 is 4.90 Å². The summed E-state index contributed by atoms with van der Waals surface area (Å²) in [5.74, 6) is -4.32. The van der Waals surface area contributed by atoms with Gasteiger partial charge < -0.3 is 4.90 Å². The molecule has 0 bridgehead atoms. The molecule has 2 rings (SSSR count). The monoisotopic (exact) mass is 798 g/mol. The summed E-state index contributed by atoms with van der Waals surface area (Å²) in [5.41, 5.74) is -2.42. The number of thiazole rings is 1. The number of amides is 6. The summed E-state index contributed by atoms with van der Waals surface area (Å²) in [7, 11) is 0. The number of hydrazine groups is 1. The maximum atomic E-state index is 14.7. The van der Waals surface area contributed by atoms with Crippen molar-refractivity contribution in [1.29, 1.82) is 0 Å². The zero-order valence-corrected chi connectivity index (χ0v) is 38.2. The van der Waals surface area contributed by atoms with Gasteiger partial charge in [-0.25, -0.2) is 4.98 Å². The quantitative estimate of drug-likeness (QED) is 0.0920. The minimum atomic E-state index is -1.18. The molecule has 1 aromatic heterocycles. The summed E-state index contributed by atoms with van der Waals surface area (Å²) in [4.78, 5) is 92.9. The molecule has 0 aromatic carbocycles. The van der Waals surface area contributed by atoms with E-state index in [1.165, 1.54) is 25.2 Å². The summed E-state index contributed by atoms with van der Waals surface area (Å²) >= 11 is 1.46. The fourth-order valence-corrected chi connectivity index (χ4v) is 8.24. The van der Waals surface area contributed by atoms with Crippen molar-refractivity contribution < 1.29 is 28.8 Å². The van der Waals surface area contributed by atoms with Gasteiger partial charge in [-0.1, -0.05) is 119 Å². The summed E-state index contributed by atoms with van der Waals surface area (Å²) in [6.07, 6.45) is 10.5. The third kappa shape index (κ3) is 11.7. The van der Waals surface area contributed by atoms with Crippen molar-refractivity contribution >= 4 is 58.0 Å². The minimum absolute atomic E-state index is 0.0469. The molecular formula is C44H71N5O6S. The first-order valence-corrected chi connectivity index (χ1v) is 21.4. The highest BCUT2D eigenvalue weighted by Crippen LogP contribution is 2.39. The average Bonchev–Trinajstić information content (AvgIpc) is 3.51. The predicted molar refractivity (Wildman–Crippen MR) is 226 cm³/mol. The van der Waals surface area contributed by atoms with E-state index >= 15 is 0 Å². The average molecular weight is 798 g/mol. The normalized spacial score (nSPS) is 16.0. The molecule has 0 aliphatic carbocycles. The molecule has 1 aliphatic heterocycles. The smallest absolute Gasteiger partial charge is 0.286 e. The number of anilines is 1. The van der Waals surface area contributed by atoms with Crippen LogP contribution in [0.1, 0.15) is 173 Å². The summed E-state index contributed by atoms with van der Waals surface area (Å²) < 4.78 is 0. The Balaban J connectivity index is 3.07. The van der Waals surface area contributed by atoms with E-state index in [4.69, 9.17) is 4.98 Å². The lowest BCUT2D eigenvalue weighted by molar-refractivity contribution is -0.180. The second-order valence-corrected chi connectivity index (χ2v) is 19.4. The van der Waals surface area contributed by atoms with E-state index in [-0.39, 0.29) is 11.1 Å². The fourth-order valence-electron chi connectivity index (χ4n) is 7.01. The maximum absolute atomic E-state index is 14.7. The first kappa shape index (κ1) is 48.5. The van der Waals surface area contributed by atoms with E-state index in [0.717, 1.165) is 87.1 Å². The second kappa shape index (κ2) is 19.7. The van der Waals surface area contributed by atoms with Crippen LogP contribution in [0.25, 0.3) is 6.08 Å². The van der Waals surface area contributed by atoms with Crippen molar-refractivity contribution in [2.24, 2.45) is 17.3 Å². The van der Waals surface area contributed by atoms with Crippen molar-refractivity contribution in [2.75, 3.05) is 18.0 Å². The Kier molecular flexibility index (Phi) is 17.0. The van der Waals surface area contributed by atoms with Gasteiger partial charge in [0.2, 0.25) is 11.8 Å². The van der Waals surface area contributed by atoms with Crippen molar-refractivity contribution in [3.63, 3.8) is 0 Å². The predicted octanol–water partition coefficient (Wildman–Crippen LogP) is 9.26. The molecule has 0 radical (unpaired) electrons. The molecular weight excluding hydrogens is 727 g/mol. The van der Waals surface area contributed by atoms with Crippen LogP contribution in [0.15, 0.2) is 16.7 Å². The van der Waals surface area contributed by atoms with Crippen molar-refractivity contribution in [1.82, 2.24) is 19.9 Å². The molecule has 1 aromatic rings. The Labute approximate surface area is 341 Å². The molecule has 12 heteroatoms. The van der Waals surface area contributed by atoms with Crippen LogP contribution in [-0.2, 0) is 34.2 Å². The van der Waals surface area contributed by atoms with Crippen molar-refractivity contribution in [3.05, 3.63) is 27.3 Å². The van der Waals surface area contributed by atoms with E-state index in [0.29, 0.717) is 26.7 Å². The molecule has 2 atom stereocenters. The zero-order chi connectivity index (χ0) is 43.1. The number of unbranched alkanes of at least 4 members (excludes halogenated alkanes) is 2. The molecule has 314 valence electrons. The topological polar surface area (TPSA) is 128 Å². The van der Waals surface area contributed by atoms with Gasteiger partial charge in [0, 0.05) is 48.9 Å². The van der Waals surface area contributed by atoms with Crippen molar-refractivity contribution in [2.45, 2.75) is 173 Å². The number of nitrogens with zero attached hydrogens (tertiary/aromatic N) is 5. The lowest BCUT2D eigenvalue weighted by Gasteiger charge is -2.39. The van der Waals surface area contributed by atoms with E-state index in [1.54, 1.807) is 47.6 Å². The third-order valence-corrected chi connectivity index (χ3v) is 11.3. The number of carbonyl (C=O) groups excluding carboxylic acids is 6. The Morgan fingerprint density at radius 1 is 0.786 bits per heavy atom. The van der Waals surface area contributed by atoms with Gasteiger partial charge in [-0.2, -0.15) is 10.0 Å². The molecule has 0 saturated carbocycles. The van der Waals surface area contributed by atoms with E-state index in [2.05, 4.69) is 32.6 Å². The summed E-state index contributed by atoms with van der Waals surface area (Å²) in [6, 6.07) is 0. The minimum Gasteiger partial charge on any atom is -0.348 e. The number of imide groups is 3. The first-order valence-electron chi connectivity index (χ1n) is 20.6. The Hall–Kier alpha value is -3.67. The molecule has 0 fully saturated rings. The second-order valence-electron chi connectivity index (χ2n) is 18.4. The Morgan fingerprint density at radius 2 is 1.29 bits per heavy atom. The molecule has 2 unspecified atom stereocenters. The molecule has 0 spiro atoms. The van der Waals surface area contributed by atoms with Crippen LogP contribution in [0.3, 0.4) is 0 Å². The molecule has 0 saturated heterocycles. The molecule has 11 nitrogen and oxygen atoms in total. The van der Waals surface area contributed by atoms with Gasteiger partial charge >= 0.3 is 0 Å². The van der Waals surface area contributed by atoms with E-state index in [9.17, 15) is 28.8 Å². The zero-order valence-electron chi connectivity index (χ0n) is 37.4. The van der Waals surface area contributed by atoms with Gasteiger partial charge in [0.25, 0.3) is 23.6 Å². The van der Waals surface area contributed by atoms with Crippen LogP contribution in [0.2, 0.25) is 0 Å². The standard InChI is InChI=1S/C44H71N5O6S/c1-17-21-23-31(19-3)26-46(27-32(20-4)24-22-18-2)41-45-36(42(8,9)10)34(56-41)25-33-28(5)35(38(53)47(29(6)50)44(14,15)16)39(54)49(37(33)52)48(30(7)51)40(55)43(11,12)13/h25,31-32H,17-24,26-27H2,1-16H3/b33-25-. The van der Waals surface area contributed by atoms with Gasteiger partial charge in [0.15, 0.2) is 5.13 Å². The van der Waals surface area contributed by atoms with Crippen LogP contribution in [0.4, 0.5) is 5.13 Å². The van der Waals surface area contributed by atoms with Gasteiger partial charge in [0.05, 0.1) is 10.6 Å². The molecule has 2 heterocycles. The number of carbonyl (C=O) groups is 6. The molecule has 0 N–H and O–H groups in total. The highest BCUT2D eigenvalue weighted by Gasteiger charge is 2.49. The van der Waals surface area contributed by atoms with Crippen LogP contribution >= 0.6 is 11.3 Å². The molecule has 56 heavy (non-hydrogen) atoms. The number of aromatic nitrogens is 1. The van der Waals surface area contributed by atoms with Crippen LogP contribution in [0, 0.1) is 17.3 Å². The number of rotatable bonds is 16. The first-order chi connectivity index (χ1) is 25.8. The van der Waals surface area contributed by atoms with Crippen LogP contribution in [-0.4, -0.2) is 74.0 Å². The maximum Gasteiger partial charge on any atom is 0.286 e.